The molecule has 0 aromatic heterocycles. The summed E-state index contributed by atoms with van der Waals surface area (Å²) in [6.07, 6.45) is 1.39. The van der Waals surface area contributed by atoms with E-state index in [0.29, 0.717) is 22.7 Å². The largest absolute Gasteiger partial charge is 0.483 e. The van der Waals surface area contributed by atoms with E-state index in [4.69, 9.17) is 17.0 Å². The average Bonchev–Trinajstić information content (AvgIpc) is 2.83. The number of thiocarbonyl (C=S) groups is 1. The van der Waals surface area contributed by atoms with Crippen LogP contribution in [0.2, 0.25) is 0 Å². The summed E-state index contributed by atoms with van der Waals surface area (Å²) in [6.45, 7) is -0.335. The number of halogens is 1. The number of nitrogens with one attached hydrogen (secondary N) is 2. The van der Waals surface area contributed by atoms with Crippen molar-refractivity contribution in [3.05, 3.63) is 95.8 Å². The summed E-state index contributed by atoms with van der Waals surface area (Å²) < 4.78 is 18.6. The van der Waals surface area contributed by atoms with Gasteiger partial charge in [-0.15, -0.1) is 0 Å². The van der Waals surface area contributed by atoms with Crippen molar-refractivity contribution in [1.29, 1.82) is 0 Å². The van der Waals surface area contributed by atoms with E-state index in [1.807, 2.05) is 0 Å². The summed E-state index contributed by atoms with van der Waals surface area (Å²) in [5.74, 6) is -1.79. The van der Waals surface area contributed by atoms with Gasteiger partial charge in [0.15, 0.2) is 11.7 Å². The molecule has 1 fully saturated rings. The lowest BCUT2D eigenvalue weighted by Gasteiger charge is -2.28. The normalized spacial score (nSPS) is 14.7. The van der Waals surface area contributed by atoms with Crippen LogP contribution in [0.3, 0.4) is 0 Å². The maximum Gasteiger partial charge on any atom is 0.270 e. The third-order valence-electron chi connectivity index (χ3n) is 4.82. The van der Waals surface area contributed by atoms with E-state index in [-0.39, 0.29) is 17.3 Å². The lowest BCUT2D eigenvalue weighted by Crippen LogP contribution is -2.54. The third kappa shape index (κ3) is 5.16. The lowest BCUT2D eigenvalue weighted by molar-refractivity contribution is -0.122. The third-order valence-corrected chi connectivity index (χ3v) is 5.11. The van der Waals surface area contributed by atoms with Crippen molar-refractivity contribution >= 4 is 52.5 Å². The fourth-order valence-corrected chi connectivity index (χ4v) is 3.51. The van der Waals surface area contributed by atoms with E-state index in [2.05, 4.69) is 10.6 Å². The number of para-hydroxylation sites is 2. The predicted molar refractivity (Wildman–Crippen MR) is 130 cm³/mol. The van der Waals surface area contributed by atoms with Gasteiger partial charge in [-0.2, -0.15) is 0 Å². The Labute approximate surface area is 199 Å². The van der Waals surface area contributed by atoms with Gasteiger partial charge in [-0.25, -0.2) is 4.39 Å². The molecule has 3 amide bonds. The van der Waals surface area contributed by atoms with Crippen molar-refractivity contribution in [2.24, 2.45) is 0 Å². The number of benzene rings is 3. The Morgan fingerprint density at radius 3 is 2.41 bits per heavy atom. The SMILES string of the molecule is O=C(COc1ccccc1/C=C1/C(=O)NC(=S)N(c2ccccc2)C1=O)Nc1ccc(F)cc1. The zero-order chi connectivity index (χ0) is 24.1. The molecule has 1 saturated heterocycles. The zero-order valence-electron chi connectivity index (χ0n) is 17.7. The Morgan fingerprint density at radius 2 is 1.68 bits per heavy atom. The molecule has 2 N–H and O–H groups in total. The first kappa shape index (κ1) is 22.8. The highest BCUT2D eigenvalue weighted by Crippen LogP contribution is 2.25. The van der Waals surface area contributed by atoms with E-state index in [9.17, 15) is 18.8 Å². The van der Waals surface area contributed by atoms with Gasteiger partial charge in [-0.05, 0) is 60.8 Å². The average molecular weight is 476 g/mol. The number of hydrogen-bond donors (Lipinski definition) is 2. The number of ether oxygens (including phenoxy) is 1. The number of carbonyl (C=O) groups is 3. The van der Waals surface area contributed by atoms with Crippen molar-refractivity contribution < 1.29 is 23.5 Å². The second-order valence-corrected chi connectivity index (χ2v) is 7.56. The first-order valence-electron chi connectivity index (χ1n) is 10.2. The molecule has 0 bridgehead atoms. The highest BCUT2D eigenvalue weighted by Gasteiger charge is 2.34. The fraction of sp³-hybridized carbons (Fsp3) is 0.0400. The molecule has 0 saturated carbocycles. The fourth-order valence-electron chi connectivity index (χ4n) is 3.23. The summed E-state index contributed by atoms with van der Waals surface area (Å²) in [7, 11) is 0. The number of nitrogens with zero attached hydrogens (tertiary/aromatic N) is 1. The molecule has 0 radical (unpaired) electrons. The Hall–Kier alpha value is -4.37. The molecule has 0 unspecified atom stereocenters. The predicted octanol–water partition coefficient (Wildman–Crippen LogP) is 3.67. The molecule has 0 aliphatic carbocycles. The summed E-state index contributed by atoms with van der Waals surface area (Å²) >= 11 is 5.19. The van der Waals surface area contributed by atoms with Gasteiger partial charge in [0.25, 0.3) is 17.7 Å². The van der Waals surface area contributed by atoms with Gasteiger partial charge in [0.1, 0.15) is 17.1 Å². The molecule has 7 nitrogen and oxygen atoms in total. The highest BCUT2D eigenvalue weighted by atomic mass is 32.1. The minimum absolute atomic E-state index is 0.0136. The van der Waals surface area contributed by atoms with Crippen molar-refractivity contribution in [3.8, 4) is 5.75 Å². The molecule has 1 aliphatic rings. The molecule has 1 aliphatic heterocycles. The first-order chi connectivity index (χ1) is 16.4. The molecule has 0 spiro atoms. The number of carbonyl (C=O) groups excluding carboxylic acids is 3. The Bertz CT molecular complexity index is 1290. The Balaban J connectivity index is 1.53. The van der Waals surface area contributed by atoms with Crippen LogP contribution < -0.4 is 20.3 Å². The van der Waals surface area contributed by atoms with Gasteiger partial charge in [0, 0.05) is 11.3 Å². The van der Waals surface area contributed by atoms with Gasteiger partial charge in [-0.1, -0.05) is 36.4 Å². The van der Waals surface area contributed by atoms with Gasteiger partial charge >= 0.3 is 0 Å². The quantitative estimate of drug-likeness (QED) is 0.323. The van der Waals surface area contributed by atoms with Crippen LogP contribution >= 0.6 is 12.2 Å². The second kappa shape index (κ2) is 10.1. The van der Waals surface area contributed by atoms with Crippen molar-refractivity contribution in [1.82, 2.24) is 5.32 Å². The Kier molecular flexibility index (Phi) is 6.74. The van der Waals surface area contributed by atoms with Gasteiger partial charge < -0.3 is 10.1 Å². The van der Waals surface area contributed by atoms with E-state index in [0.717, 1.165) is 0 Å². The van der Waals surface area contributed by atoms with Crippen LogP contribution in [0.4, 0.5) is 15.8 Å². The van der Waals surface area contributed by atoms with Crippen LogP contribution in [0.1, 0.15) is 5.56 Å². The van der Waals surface area contributed by atoms with Crippen molar-refractivity contribution in [3.63, 3.8) is 0 Å². The molecule has 3 aromatic carbocycles. The molecule has 1 heterocycles. The summed E-state index contributed by atoms with van der Waals surface area (Å²) in [4.78, 5) is 39.2. The van der Waals surface area contributed by atoms with Gasteiger partial charge in [-0.3, -0.25) is 24.6 Å². The van der Waals surface area contributed by atoms with Crippen molar-refractivity contribution in [2.75, 3.05) is 16.8 Å². The molecule has 9 heteroatoms. The van der Waals surface area contributed by atoms with Crippen LogP contribution in [-0.4, -0.2) is 29.4 Å². The second-order valence-electron chi connectivity index (χ2n) is 7.17. The maximum absolute atomic E-state index is 13.1. The van der Waals surface area contributed by atoms with E-state index >= 15 is 0 Å². The topological polar surface area (TPSA) is 87.7 Å². The van der Waals surface area contributed by atoms with E-state index < -0.39 is 23.5 Å². The lowest BCUT2D eigenvalue weighted by atomic mass is 10.1. The van der Waals surface area contributed by atoms with Crippen LogP contribution in [0.5, 0.6) is 5.75 Å². The number of hydrogen-bond acceptors (Lipinski definition) is 5. The molecule has 3 aromatic rings. The number of anilines is 2. The highest BCUT2D eigenvalue weighted by molar-refractivity contribution is 7.80. The smallest absolute Gasteiger partial charge is 0.270 e. The van der Waals surface area contributed by atoms with Crippen LogP contribution in [0.15, 0.2) is 84.4 Å². The summed E-state index contributed by atoms with van der Waals surface area (Å²) in [5, 5.41) is 5.11. The van der Waals surface area contributed by atoms with Crippen LogP contribution in [0.25, 0.3) is 6.08 Å². The molecular formula is C25H18FN3O4S. The molecule has 4 rings (SSSR count). The zero-order valence-corrected chi connectivity index (χ0v) is 18.5. The molecular weight excluding hydrogens is 457 g/mol. The van der Waals surface area contributed by atoms with E-state index in [1.54, 1.807) is 54.6 Å². The molecule has 34 heavy (non-hydrogen) atoms. The monoisotopic (exact) mass is 475 g/mol. The minimum atomic E-state index is -0.633. The summed E-state index contributed by atoms with van der Waals surface area (Å²) in [5.41, 5.74) is 1.23. The number of rotatable bonds is 6. The summed E-state index contributed by atoms with van der Waals surface area (Å²) in [6, 6.07) is 20.7. The van der Waals surface area contributed by atoms with Gasteiger partial charge in [0.05, 0.1) is 5.69 Å². The van der Waals surface area contributed by atoms with Crippen molar-refractivity contribution in [2.45, 2.75) is 0 Å². The van der Waals surface area contributed by atoms with Crippen LogP contribution in [0, 0.1) is 5.82 Å². The van der Waals surface area contributed by atoms with Gasteiger partial charge in [0.2, 0.25) is 0 Å². The first-order valence-corrected chi connectivity index (χ1v) is 10.6. The number of amides is 3. The van der Waals surface area contributed by atoms with E-state index in [1.165, 1.54) is 35.2 Å². The molecule has 170 valence electrons. The molecule has 0 atom stereocenters. The standard InChI is InChI=1S/C25H18FN3O4S/c26-17-10-12-18(13-11-17)27-22(30)15-33-21-9-5-4-6-16(21)14-20-23(31)28-25(34)29(24(20)32)19-7-2-1-3-8-19/h1-14H,15H2,(H,27,30)(H,28,31,34)/b20-14-. The minimum Gasteiger partial charge on any atom is -0.483 e. The Morgan fingerprint density at radius 1 is 1.00 bits per heavy atom. The van der Waals surface area contributed by atoms with Crippen LogP contribution in [-0.2, 0) is 14.4 Å². The maximum atomic E-state index is 13.1.